The SMILES string of the molecule is CCOC(=O)c1c(C)cc(C#N)cc1C(F)(F)F. The summed E-state index contributed by atoms with van der Waals surface area (Å²) < 4.78 is 43.1. The molecule has 0 aliphatic carbocycles. The molecular formula is C12H10F3NO2. The first kappa shape index (κ1) is 14.0. The van der Waals surface area contributed by atoms with Crippen LogP contribution in [-0.2, 0) is 10.9 Å². The molecule has 0 fully saturated rings. The second-order valence-corrected chi connectivity index (χ2v) is 3.55. The van der Waals surface area contributed by atoms with Gasteiger partial charge in [0.05, 0.1) is 29.4 Å². The zero-order valence-electron chi connectivity index (χ0n) is 9.76. The second kappa shape index (κ2) is 5.08. The highest BCUT2D eigenvalue weighted by Crippen LogP contribution is 2.34. The van der Waals surface area contributed by atoms with Crippen LogP contribution >= 0.6 is 0 Å². The van der Waals surface area contributed by atoms with Crippen molar-refractivity contribution in [1.82, 2.24) is 0 Å². The number of alkyl halides is 3. The lowest BCUT2D eigenvalue weighted by molar-refractivity contribution is -0.138. The maximum absolute atomic E-state index is 12.8. The number of hydrogen-bond donors (Lipinski definition) is 0. The van der Waals surface area contributed by atoms with Crippen LogP contribution in [0.25, 0.3) is 0 Å². The molecule has 3 nitrogen and oxygen atoms in total. The van der Waals surface area contributed by atoms with E-state index in [1.165, 1.54) is 19.9 Å². The lowest BCUT2D eigenvalue weighted by Gasteiger charge is -2.14. The van der Waals surface area contributed by atoms with Gasteiger partial charge in [-0.25, -0.2) is 4.79 Å². The van der Waals surface area contributed by atoms with E-state index in [9.17, 15) is 18.0 Å². The minimum Gasteiger partial charge on any atom is -0.462 e. The Bertz CT molecular complexity index is 515. The standard InChI is InChI=1S/C12H10F3NO2/c1-3-18-11(17)10-7(2)4-8(6-16)5-9(10)12(13,14)15/h4-5H,3H2,1-2H3. The first-order valence-electron chi connectivity index (χ1n) is 5.10. The van der Waals surface area contributed by atoms with Gasteiger partial charge in [-0.2, -0.15) is 18.4 Å². The van der Waals surface area contributed by atoms with Gasteiger partial charge in [-0.05, 0) is 31.5 Å². The molecule has 0 aliphatic rings. The van der Waals surface area contributed by atoms with Crippen molar-refractivity contribution >= 4 is 5.97 Å². The van der Waals surface area contributed by atoms with Gasteiger partial charge in [0, 0.05) is 0 Å². The van der Waals surface area contributed by atoms with Crippen molar-refractivity contribution in [1.29, 1.82) is 5.26 Å². The molecule has 0 spiro atoms. The Morgan fingerprint density at radius 1 is 1.44 bits per heavy atom. The molecule has 1 aromatic carbocycles. The summed E-state index contributed by atoms with van der Waals surface area (Å²) in [5.74, 6) is -1.04. The van der Waals surface area contributed by atoms with Gasteiger partial charge >= 0.3 is 12.1 Å². The molecule has 0 atom stereocenters. The van der Waals surface area contributed by atoms with E-state index < -0.39 is 23.3 Å². The number of rotatable bonds is 2. The molecule has 0 radical (unpaired) electrons. The smallest absolute Gasteiger partial charge is 0.417 e. The molecule has 6 heteroatoms. The first-order chi connectivity index (χ1) is 8.31. The molecule has 18 heavy (non-hydrogen) atoms. The van der Waals surface area contributed by atoms with Crippen LogP contribution < -0.4 is 0 Å². The lowest BCUT2D eigenvalue weighted by atomic mass is 9.98. The Morgan fingerprint density at radius 2 is 2.06 bits per heavy atom. The maximum atomic E-state index is 12.8. The zero-order valence-corrected chi connectivity index (χ0v) is 9.76. The summed E-state index contributed by atoms with van der Waals surface area (Å²) in [6.45, 7) is 2.82. The largest absolute Gasteiger partial charge is 0.462 e. The van der Waals surface area contributed by atoms with Crippen LogP contribution in [0.3, 0.4) is 0 Å². The van der Waals surface area contributed by atoms with Crippen molar-refractivity contribution in [2.24, 2.45) is 0 Å². The van der Waals surface area contributed by atoms with Crippen molar-refractivity contribution in [3.63, 3.8) is 0 Å². The number of carbonyl (C=O) groups excluding carboxylic acids is 1. The van der Waals surface area contributed by atoms with Crippen LogP contribution in [0.1, 0.15) is 34.0 Å². The van der Waals surface area contributed by atoms with Crippen LogP contribution in [0.4, 0.5) is 13.2 Å². The Balaban J connectivity index is 3.49. The van der Waals surface area contributed by atoms with Crippen molar-refractivity contribution in [3.8, 4) is 6.07 Å². The Kier molecular flexibility index (Phi) is 3.96. The molecule has 0 N–H and O–H groups in total. The average molecular weight is 257 g/mol. The van der Waals surface area contributed by atoms with E-state index in [4.69, 9.17) is 5.26 Å². The van der Waals surface area contributed by atoms with E-state index in [2.05, 4.69) is 4.74 Å². The van der Waals surface area contributed by atoms with Gasteiger partial charge < -0.3 is 4.74 Å². The van der Waals surface area contributed by atoms with Crippen LogP contribution in [0.2, 0.25) is 0 Å². The van der Waals surface area contributed by atoms with E-state index in [0.29, 0.717) is 6.07 Å². The minimum absolute atomic E-state index is 0.0183. The summed E-state index contributed by atoms with van der Waals surface area (Å²) in [7, 11) is 0. The van der Waals surface area contributed by atoms with Gasteiger partial charge in [0.2, 0.25) is 0 Å². The Morgan fingerprint density at radius 3 is 2.50 bits per heavy atom. The highest BCUT2D eigenvalue weighted by Gasteiger charge is 2.37. The molecule has 0 aromatic heterocycles. The van der Waals surface area contributed by atoms with E-state index in [0.717, 1.165) is 0 Å². The van der Waals surface area contributed by atoms with Gasteiger partial charge in [-0.15, -0.1) is 0 Å². The van der Waals surface area contributed by atoms with E-state index in [1.54, 1.807) is 6.07 Å². The van der Waals surface area contributed by atoms with Gasteiger partial charge in [0.15, 0.2) is 0 Å². The molecule has 0 heterocycles. The second-order valence-electron chi connectivity index (χ2n) is 3.55. The number of hydrogen-bond acceptors (Lipinski definition) is 3. The van der Waals surface area contributed by atoms with Crippen molar-refractivity contribution in [2.45, 2.75) is 20.0 Å². The fourth-order valence-electron chi connectivity index (χ4n) is 1.55. The summed E-state index contributed by atoms with van der Waals surface area (Å²) in [5.41, 5.74) is -1.76. The highest BCUT2D eigenvalue weighted by molar-refractivity contribution is 5.93. The predicted octanol–water partition coefficient (Wildman–Crippen LogP) is 3.06. The van der Waals surface area contributed by atoms with Crippen molar-refractivity contribution in [2.75, 3.05) is 6.61 Å². The van der Waals surface area contributed by atoms with Crippen LogP contribution in [0, 0.1) is 18.3 Å². The summed E-state index contributed by atoms with van der Waals surface area (Å²) in [6.07, 6.45) is -4.71. The maximum Gasteiger partial charge on any atom is 0.417 e. The number of esters is 1. The average Bonchev–Trinajstić information content (AvgIpc) is 2.26. The predicted molar refractivity (Wildman–Crippen MR) is 56.9 cm³/mol. The molecule has 1 aromatic rings. The molecule has 0 bridgehead atoms. The minimum atomic E-state index is -4.71. The quantitative estimate of drug-likeness (QED) is 0.765. The number of aryl methyl sites for hydroxylation is 1. The third-order valence-electron chi connectivity index (χ3n) is 2.25. The summed E-state index contributed by atoms with van der Waals surface area (Å²) >= 11 is 0. The van der Waals surface area contributed by atoms with E-state index in [1.807, 2.05) is 0 Å². The van der Waals surface area contributed by atoms with Crippen molar-refractivity contribution in [3.05, 3.63) is 34.4 Å². The van der Waals surface area contributed by atoms with Crippen LogP contribution in [-0.4, -0.2) is 12.6 Å². The summed E-state index contributed by atoms with van der Waals surface area (Å²) in [6, 6.07) is 3.50. The van der Waals surface area contributed by atoms with E-state index >= 15 is 0 Å². The monoisotopic (exact) mass is 257 g/mol. The Hall–Kier alpha value is -2.03. The summed E-state index contributed by atoms with van der Waals surface area (Å²) in [5, 5.41) is 8.65. The molecule has 0 saturated heterocycles. The van der Waals surface area contributed by atoms with Crippen molar-refractivity contribution < 1.29 is 22.7 Å². The van der Waals surface area contributed by atoms with Crippen LogP contribution in [0.15, 0.2) is 12.1 Å². The third kappa shape index (κ3) is 2.80. The fourth-order valence-corrected chi connectivity index (χ4v) is 1.55. The number of ether oxygens (including phenoxy) is 1. The highest BCUT2D eigenvalue weighted by atomic mass is 19.4. The number of carbonyl (C=O) groups is 1. The molecule has 0 amide bonds. The molecule has 0 saturated carbocycles. The molecular weight excluding hydrogens is 247 g/mol. The number of benzene rings is 1. The van der Waals surface area contributed by atoms with Gasteiger partial charge in [0.25, 0.3) is 0 Å². The lowest BCUT2D eigenvalue weighted by Crippen LogP contribution is -2.17. The number of halogens is 3. The fraction of sp³-hybridized carbons (Fsp3) is 0.333. The van der Waals surface area contributed by atoms with Gasteiger partial charge in [0.1, 0.15) is 0 Å². The first-order valence-corrected chi connectivity index (χ1v) is 5.10. The molecule has 1 rings (SSSR count). The summed E-state index contributed by atoms with van der Waals surface area (Å²) in [4.78, 5) is 11.5. The van der Waals surface area contributed by atoms with E-state index in [-0.39, 0.29) is 17.7 Å². The molecule has 96 valence electrons. The normalized spacial score (nSPS) is 10.9. The Labute approximate surface area is 102 Å². The third-order valence-corrected chi connectivity index (χ3v) is 2.25. The van der Waals surface area contributed by atoms with Gasteiger partial charge in [-0.1, -0.05) is 0 Å². The topological polar surface area (TPSA) is 50.1 Å². The van der Waals surface area contributed by atoms with Gasteiger partial charge in [-0.3, -0.25) is 0 Å². The molecule has 0 unspecified atom stereocenters. The number of nitriles is 1. The van der Waals surface area contributed by atoms with Crippen LogP contribution in [0.5, 0.6) is 0 Å². The number of nitrogens with zero attached hydrogens (tertiary/aromatic N) is 1. The zero-order chi connectivity index (χ0) is 13.9. The molecule has 0 aliphatic heterocycles.